The van der Waals surface area contributed by atoms with E-state index in [9.17, 15) is 9.59 Å². The molecular formula is C19H24N4O4. The molecule has 8 nitrogen and oxygen atoms in total. The first-order chi connectivity index (χ1) is 13.2. The summed E-state index contributed by atoms with van der Waals surface area (Å²) in [5, 5.41) is 7.21. The third-order valence-electron chi connectivity index (χ3n) is 4.24. The van der Waals surface area contributed by atoms with E-state index in [0.717, 1.165) is 5.75 Å². The molecule has 2 heterocycles. The van der Waals surface area contributed by atoms with E-state index < -0.39 is 0 Å². The molecule has 0 saturated heterocycles. The van der Waals surface area contributed by atoms with Gasteiger partial charge in [0.2, 0.25) is 11.7 Å². The van der Waals surface area contributed by atoms with E-state index in [1.165, 1.54) is 10.9 Å². The van der Waals surface area contributed by atoms with E-state index >= 15 is 0 Å². The van der Waals surface area contributed by atoms with Crippen LogP contribution in [0.5, 0.6) is 11.5 Å². The highest BCUT2D eigenvalue weighted by molar-refractivity contribution is 5.94. The number of amides is 1. The summed E-state index contributed by atoms with van der Waals surface area (Å²) in [6.07, 6.45) is 2.50. The Morgan fingerprint density at radius 2 is 2.11 bits per heavy atom. The fraction of sp³-hybridized carbons (Fsp3) is 0.421. The van der Waals surface area contributed by atoms with Gasteiger partial charge in [-0.15, -0.1) is 0 Å². The van der Waals surface area contributed by atoms with E-state index in [0.29, 0.717) is 51.4 Å². The molecule has 0 spiro atoms. The number of nitrogens with zero attached hydrogens (tertiary/aromatic N) is 3. The van der Waals surface area contributed by atoms with Crippen LogP contribution in [0.25, 0.3) is 0 Å². The lowest BCUT2D eigenvalue weighted by atomic mass is 10.3. The number of para-hydroxylation sites is 1. The number of hydrogen-bond donors (Lipinski definition) is 1. The first kappa shape index (κ1) is 18.9. The van der Waals surface area contributed by atoms with Gasteiger partial charge in [-0.3, -0.25) is 9.59 Å². The van der Waals surface area contributed by atoms with Crippen molar-refractivity contribution in [3.63, 3.8) is 0 Å². The van der Waals surface area contributed by atoms with Crippen molar-refractivity contribution in [2.45, 2.75) is 12.8 Å². The van der Waals surface area contributed by atoms with Crippen LogP contribution in [0.3, 0.4) is 0 Å². The molecule has 0 saturated carbocycles. The van der Waals surface area contributed by atoms with E-state index in [4.69, 9.17) is 9.47 Å². The second-order valence-electron chi connectivity index (χ2n) is 6.20. The van der Waals surface area contributed by atoms with Crippen LogP contribution in [-0.4, -0.2) is 48.5 Å². The summed E-state index contributed by atoms with van der Waals surface area (Å²) >= 11 is 0. The van der Waals surface area contributed by atoms with Gasteiger partial charge in [0, 0.05) is 33.1 Å². The average Bonchev–Trinajstić information content (AvgIpc) is 2.91. The standard InChI is InChI=1S/C19H24N4O4/c1-22-19(25)18-16(14-21-22)23(11-5-12-27-18)17(24)8-9-20-10-13-26-15-6-3-2-4-7-15/h2-4,6-7,14,20H,5,8-13H2,1H3. The maximum atomic E-state index is 12.6. The normalized spacial score (nSPS) is 13.4. The summed E-state index contributed by atoms with van der Waals surface area (Å²) in [7, 11) is 1.56. The predicted molar refractivity (Wildman–Crippen MR) is 101 cm³/mol. The summed E-state index contributed by atoms with van der Waals surface area (Å²) in [4.78, 5) is 26.4. The molecule has 0 unspecified atom stereocenters. The van der Waals surface area contributed by atoms with Crippen LogP contribution in [0.1, 0.15) is 12.8 Å². The largest absolute Gasteiger partial charge is 0.492 e. The van der Waals surface area contributed by atoms with Crippen molar-refractivity contribution in [3.05, 3.63) is 46.9 Å². The minimum atomic E-state index is -0.330. The molecule has 1 aliphatic heterocycles. The van der Waals surface area contributed by atoms with Crippen LogP contribution in [0.15, 0.2) is 41.3 Å². The number of aromatic nitrogens is 2. The Hall–Kier alpha value is -2.87. The van der Waals surface area contributed by atoms with Gasteiger partial charge in [-0.2, -0.15) is 5.10 Å². The average molecular weight is 372 g/mol. The molecule has 27 heavy (non-hydrogen) atoms. The topological polar surface area (TPSA) is 85.7 Å². The highest BCUT2D eigenvalue weighted by Gasteiger charge is 2.25. The lowest BCUT2D eigenvalue weighted by Gasteiger charge is -2.21. The van der Waals surface area contributed by atoms with E-state index in [2.05, 4.69) is 10.4 Å². The number of ether oxygens (including phenoxy) is 2. The van der Waals surface area contributed by atoms with Gasteiger partial charge in [0.1, 0.15) is 18.0 Å². The highest BCUT2D eigenvalue weighted by Crippen LogP contribution is 2.26. The monoisotopic (exact) mass is 372 g/mol. The van der Waals surface area contributed by atoms with E-state index in [-0.39, 0.29) is 17.2 Å². The number of carbonyl (C=O) groups is 1. The molecule has 144 valence electrons. The SMILES string of the molecule is Cn1ncc2c(c1=O)OCCCN2C(=O)CCNCCOc1ccccc1. The number of rotatable bonds is 7. The number of hydrogen-bond acceptors (Lipinski definition) is 6. The molecule has 0 atom stereocenters. The van der Waals surface area contributed by atoms with Crippen molar-refractivity contribution >= 4 is 11.6 Å². The van der Waals surface area contributed by atoms with Crippen molar-refractivity contribution < 1.29 is 14.3 Å². The summed E-state index contributed by atoms with van der Waals surface area (Å²) in [5.41, 5.74) is 0.122. The number of carbonyl (C=O) groups excluding carboxylic acids is 1. The highest BCUT2D eigenvalue weighted by atomic mass is 16.5. The van der Waals surface area contributed by atoms with Gasteiger partial charge in [-0.25, -0.2) is 4.68 Å². The van der Waals surface area contributed by atoms with Gasteiger partial charge < -0.3 is 19.7 Å². The fourth-order valence-corrected chi connectivity index (χ4v) is 2.83. The Labute approximate surface area is 157 Å². The first-order valence-electron chi connectivity index (χ1n) is 9.05. The van der Waals surface area contributed by atoms with Crippen molar-refractivity contribution in [2.24, 2.45) is 7.05 Å². The molecular weight excluding hydrogens is 348 g/mol. The molecule has 0 radical (unpaired) electrons. The number of benzene rings is 1. The zero-order valence-electron chi connectivity index (χ0n) is 15.4. The second kappa shape index (κ2) is 9.18. The summed E-state index contributed by atoms with van der Waals surface area (Å²) in [5.74, 6) is 0.960. The van der Waals surface area contributed by atoms with Crippen LogP contribution in [0.4, 0.5) is 5.69 Å². The van der Waals surface area contributed by atoms with Gasteiger partial charge in [0.05, 0.1) is 12.8 Å². The maximum Gasteiger partial charge on any atom is 0.311 e. The van der Waals surface area contributed by atoms with Crippen molar-refractivity contribution in [2.75, 3.05) is 37.7 Å². The quantitative estimate of drug-likeness (QED) is 0.729. The van der Waals surface area contributed by atoms with Crippen molar-refractivity contribution in [3.8, 4) is 11.5 Å². The number of anilines is 1. The summed E-state index contributed by atoms with van der Waals surface area (Å²) in [6.45, 7) is 2.62. The second-order valence-corrected chi connectivity index (χ2v) is 6.20. The van der Waals surface area contributed by atoms with Crippen LogP contribution >= 0.6 is 0 Å². The maximum absolute atomic E-state index is 12.6. The van der Waals surface area contributed by atoms with Crippen LogP contribution in [-0.2, 0) is 11.8 Å². The van der Waals surface area contributed by atoms with Crippen molar-refractivity contribution in [1.82, 2.24) is 15.1 Å². The molecule has 1 aromatic carbocycles. The third kappa shape index (κ3) is 4.85. The van der Waals surface area contributed by atoms with E-state index in [1.807, 2.05) is 30.3 Å². The molecule has 1 aromatic heterocycles. The zero-order valence-corrected chi connectivity index (χ0v) is 15.4. The Kier molecular flexibility index (Phi) is 6.43. The van der Waals surface area contributed by atoms with Gasteiger partial charge >= 0.3 is 5.56 Å². The molecule has 0 aliphatic carbocycles. The molecule has 0 fully saturated rings. The molecule has 2 aromatic rings. The zero-order chi connectivity index (χ0) is 19.1. The Morgan fingerprint density at radius 1 is 1.30 bits per heavy atom. The van der Waals surface area contributed by atoms with Crippen molar-refractivity contribution in [1.29, 1.82) is 0 Å². The van der Waals surface area contributed by atoms with Crippen LogP contribution < -0.4 is 25.2 Å². The Bertz CT molecular complexity index is 822. The minimum absolute atomic E-state index is 0.0618. The van der Waals surface area contributed by atoms with E-state index in [1.54, 1.807) is 11.9 Å². The van der Waals surface area contributed by atoms with Gasteiger partial charge in [0.25, 0.3) is 0 Å². The Morgan fingerprint density at radius 3 is 2.93 bits per heavy atom. The van der Waals surface area contributed by atoms with Gasteiger partial charge in [-0.05, 0) is 18.6 Å². The minimum Gasteiger partial charge on any atom is -0.492 e. The third-order valence-corrected chi connectivity index (χ3v) is 4.24. The van der Waals surface area contributed by atoms with Gasteiger partial charge in [-0.1, -0.05) is 18.2 Å². The molecule has 1 aliphatic rings. The first-order valence-corrected chi connectivity index (χ1v) is 9.05. The van der Waals surface area contributed by atoms with Crippen LogP contribution in [0.2, 0.25) is 0 Å². The lowest BCUT2D eigenvalue weighted by molar-refractivity contribution is -0.118. The number of nitrogens with one attached hydrogen (secondary N) is 1. The molecule has 0 bridgehead atoms. The molecule has 1 N–H and O–H groups in total. The summed E-state index contributed by atoms with van der Waals surface area (Å²) in [6, 6.07) is 9.59. The number of aryl methyl sites for hydroxylation is 1. The number of fused-ring (bicyclic) bond motifs is 1. The molecule has 1 amide bonds. The molecule has 8 heteroatoms. The van der Waals surface area contributed by atoms with Gasteiger partial charge in [0.15, 0.2) is 0 Å². The lowest BCUT2D eigenvalue weighted by Crippen LogP contribution is -2.35. The smallest absolute Gasteiger partial charge is 0.311 e. The Balaban J connectivity index is 1.48. The van der Waals surface area contributed by atoms with Crippen LogP contribution in [0, 0.1) is 0 Å². The molecule has 3 rings (SSSR count). The fourth-order valence-electron chi connectivity index (χ4n) is 2.83. The summed E-state index contributed by atoms with van der Waals surface area (Å²) < 4.78 is 12.3. The predicted octanol–water partition coefficient (Wildman–Crippen LogP) is 0.955.